The van der Waals surface area contributed by atoms with Crippen molar-refractivity contribution in [3.63, 3.8) is 0 Å². The van der Waals surface area contributed by atoms with Crippen molar-refractivity contribution in [1.82, 2.24) is 4.98 Å². The zero-order valence-electron chi connectivity index (χ0n) is 15.9. The van der Waals surface area contributed by atoms with Crippen LogP contribution in [0.5, 0.6) is 0 Å². The Kier molecular flexibility index (Phi) is 5.66. The molecule has 1 amide bonds. The van der Waals surface area contributed by atoms with Gasteiger partial charge in [-0.15, -0.1) is 11.3 Å². The number of aryl methyl sites for hydroxylation is 2. The summed E-state index contributed by atoms with van der Waals surface area (Å²) in [7, 11) is 1.89. The standard InChI is InChI=1S/C21H22N4OS/c1-15-9-8-10-16(2)20(15)25(17(3)26)21-23-18(14-27-21)13-22-24(4)19-11-6-5-7-12-19/h5-14H,1-4H3/b22-13-. The SMILES string of the molecule is CC(=O)N(c1nc(/C=N\N(C)c2ccccc2)cs1)c1c(C)cccc1C. The molecule has 0 spiro atoms. The molecule has 0 atom stereocenters. The van der Waals surface area contributed by atoms with E-state index in [9.17, 15) is 4.79 Å². The van der Waals surface area contributed by atoms with Crippen LogP contribution in [-0.2, 0) is 4.79 Å². The second-order valence-corrected chi connectivity index (χ2v) is 7.09. The maximum atomic E-state index is 12.4. The minimum Gasteiger partial charge on any atom is -0.274 e. The summed E-state index contributed by atoms with van der Waals surface area (Å²) in [5.74, 6) is -0.0633. The van der Waals surface area contributed by atoms with Crippen molar-refractivity contribution in [3.05, 3.63) is 70.7 Å². The van der Waals surface area contributed by atoms with Crippen molar-refractivity contribution < 1.29 is 4.79 Å². The molecule has 0 unspecified atom stereocenters. The average Bonchev–Trinajstić information content (AvgIpc) is 3.11. The first-order valence-electron chi connectivity index (χ1n) is 8.62. The van der Waals surface area contributed by atoms with Crippen molar-refractivity contribution in [1.29, 1.82) is 0 Å². The van der Waals surface area contributed by atoms with E-state index in [2.05, 4.69) is 10.1 Å². The largest absolute Gasteiger partial charge is 0.274 e. The predicted octanol–water partition coefficient (Wildman–Crippen LogP) is 4.91. The van der Waals surface area contributed by atoms with Crippen molar-refractivity contribution in [3.8, 4) is 0 Å². The van der Waals surface area contributed by atoms with Gasteiger partial charge in [-0.2, -0.15) is 5.10 Å². The number of aromatic nitrogens is 1. The molecule has 1 aromatic heterocycles. The molecule has 0 aliphatic heterocycles. The number of hydrogen-bond donors (Lipinski definition) is 0. The molecule has 0 radical (unpaired) electrons. The fourth-order valence-electron chi connectivity index (χ4n) is 2.84. The molecule has 1 heterocycles. The van der Waals surface area contributed by atoms with Crippen LogP contribution in [0.15, 0.2) is 59.0 Å². The molecular weight excluding hydrogens is 356 g/mol. The average molecular weight is 379 g/mol. The molecule has 0 saturated heterocycles. The van der Waals surface area contributed by atoms with Crippen LogP contribution in [0.1, 0.15) is 23.7 Å². The van der Waals surface area contributed by atoms with Gasteiger partial charge in [0, 0.05) is 19.4 Å². The summed E-state index contributed by atoms with van der Waals surface area (Å²) in [4.78, 5) is 18.6. The van der Waals surface area contributed by atoms with Crippen LogP contribution in [0.25, 0.3) is 0 Å². The van der Waals surface area contributed by atoms with Crippen LogP contribution < -0.4 is 9.91 Å². The van der Waals surface area contributed by atoms with Gasteiger partial charge in [0.15, 0.2) is 5.13 Å². The summed E-state index contributed by atoms with van der Waals surface area (Å²) < 4.78 is 0. The Hall–Kier alpha value is -2.99. The highest BCUT2D eigenvalue weighted by Crippen LogP contribution is 2.33. The number of rotatable bonds is 5. The summed E-state index contributed by atoms with van der Waals surface area (Å²) in [5, 5.41) is 8.77. The number of benzene rings is 2. The Bertz CT molecular complexity index is 945. The molecule has 0 bridgehead atoms. The van der Waals surface area contributed by atoms with Crippen molar-refractivity contribution >= 4 is 40.0 Å². The Labute approximate surface area is 163 Å². The molecule has 0 fully saturated rings. The van der Waals surface area contributed by atoms with Crippen LogP contribution in [0, 0.1) is 13.8 Å². The Balaban J connectivity index is 1.87. The first-order valence-corrected chi connectivity index (χ1v) is 9.50. The summed E-state index contributed by atoms with van der Waals surface area (Å²) in [6, 6.07) is 15.9. The number of anilines is 3. The zero-order valence-corrected chi connectivity index (χ0v) is 16.7. The van der Waals surface area contributed by atoms with Gasteiger partial charge in [-0.1, -0.05) is 36.4 Å². The smallest absolute Gasteiger partial charge is 0.230 e. The molecule has 0 saturated carbocycles. The lowest BCUT2D eigenvalue weighted by molar-refractivity contribution is -0.115. The molecule has 0 aliphatic carbocycles. The van der Waals surface area contributed by atoms with Gasteiger partial charge in [0.05, 0.1) is 23.3 Å². The van der Waals surface area contributed by atoms with Gasteiger partial charge in [-0.05, 0) is 37.1 Å². The van der Waals surface area contributed by atoms with Crippen LogP contribution >= 0.6 is 11.3 Å². The first kappa shape index (κ1) is 18.8. The quantitative estimate of drug-likeness (QED) is 0.468. The van der Waals surface area contributed by atoms with E-state index in [0.29, 0.717) is 5.13 Å². The molecule has 0 aliphatic rings. The zero-order chi connectivity index (χ0) is 19.4. The van der Waals surface area contributed by atoms with Crippen LogP contribution in [0.4, 0.5) is 16.5 Å². The van der Waals surface area contributed by atoms with Gasteiger partial charge < -0.3 is 0 Å². The highest BCUT2D eigenvalue weighted by atomic mass is 32.1. The van der Waals surface area contributed by atoms with Crippen LogP contribution in [0.2, 0.25) is 0 Å². The third-order valence-electron chi connectivity index (χ3n) is 4.17. The monoisotopic (exact) mass is 378 g/mol. The Morgan fingerprint density at radius 1 is 1.07 bits per heavy atom. The number of para-hydroxylation sites is 2. The fraction of sp³-hybridized carbons (Fsp3) is 0.190. The number of amides is 1. The van der Waals surface area contributed by atoms with Crippen molar-refractivity contribution in [2.24, 2.45) is 5.10 Å². The number of carbonyl (C=O) groups excluding carboxylic acids is 1. The number of nitrogens with zero attached hydrogens (tertiary/aromatic N) is 4. The maximum absolute atomic E-state index is 12.4. The lowest BCUT2D eigenvalue weighted by Crippen LogP contribution is -2.24. The number of hydrogen-bond acceptors (Lipinski definition) is 5. The van der Waals surface area contributed by atoms with Crippen molar-refractivity contribution in [2.75, 3.05) is 17.0 Å². The normalized spacial score (nSPS) is 11.0. The maximum Gasteiger partial charge on any atom is 0.230 e. The van der Waals surface area contributed by atoms with Gasteiger partial charge in [-0.3, -0.25) is 14.7 Å². The van der Waals surface area contributed by atoms with E-state index in [0.717, 1.165) is 28.2 Å². The van der Waals surface area contributed by atoms with E-state index in [1.807, 2.05) is 74.8 Å². The van der Waals surface area contributed by atoms with Gasteiger partial charge in [0.1, 0.15) is 0 Å². The Morgan fingerprint density at radius 3 is 2.37 bits per heavy atom. The van der Waals surface area contributed by atoms with E-state index in [4.69, 9.17) is 0 Å². The van der Waals surface area contributed by atoms with Gasteiger partial charge in [0.25, 0.3) is 0 Å². The van der Waals surface area contributed by atoms with Crippen molar-refractivity contribution in [2.45, 2.75) is 20.8 Å². The van der Waals surface area contributed by atoms with E-state index in [1.165, 1.54) is 11.3 Å². The highest BCUT2D eigenvalue weighted by molar-refractivity contribution is 7.14. The molecule has 27 heavy (non-hydrogen) atoms. The lowest BCUT2D eigenvalue weighted by Gasteiger charge is -2.22. The van der Waals surface area contributed by atoms with Crippen LogP contribution in [0.3, 0.4) is 0 Å². The second-order valence-electron chi connectivity index (χ2n) is 6.25. The minimum absolute atomic E-state index is 0.0633. The number of hydrazone groups is 1. The minimum atomic E-state index is -0.0633. The molecule has 138 valence electrons. The van der Waals surface area contributed by atoms with Gasteiger partial charge in [-0.25, -0.2) is 4.98 Å². The third kappa shape index (κ3) is 4.23. The number of thiazole rings is 1. The predicted molar refractivity (Wildman–Crippen MR) is 113 cm³/mol. The summed E-state index contributed by atoms with van der Waals surface area (Å²) >= 11 is 1.43. The summed E-state index contributed by atoms with van der Waals surface area (Å²) in [5.41, 5.74) is 4.68. The van der Waals surface area contributed by atoms with Gasteiger partial charge >= 0.3 is 0 Å². The third-order valence-corrected chi connectivity index (χ3v) is 5.02. The molecule has 5 nitrogen and oxygen atoms in total. The van der Waals surface area contributed by atoms with E-state index in [1.54, 1.807) is 23.0 Å². The molecule has 3 aromatic rings. The highest BCUT2D eigenvalue weighted by Gasteiger charge is 2.21. The fourth-order valence-corrected chi connectivity index (χ4v) is 3.66. The molecule has 2 aromatic carbocycles. The van der Waals surface area contributed by atoms with Crippen LogP contribution in [-0.4, -0.2) is 24.2 Å². The Morgan fingerprint density at radius 2 is 1.74 bits per heavy atom. The lowest BCUT2D eigenvalue weighted by atomic mass is 10.1. The van der Waals surface area contributed by atoms with E-state index >= 15 is 0 Å². The van der Waals surface area contributed by atoms with E-state index in [-0.39, 0.29) is 5.91 Å². The molecule has 6 heteroatoms. The summed E-state index contributed by atoms with van der Waals surface area (Å²) in [6.45, 7) is 5.57. The molecular formula is C21H22N4OS. The summed E-state index contributed by atoms with van der Waals surface area (Å²) in [6.07, 6.45) is 1.70. The first-order chi connectivity index (χ1) is 13.0. The number of carbonyl (C=O) groups is 1. The van der Waals surface area contributed by atoms with Gasteiger partial charge in [0.2, 0.25) is 5.91 Å². The topological polar surface area (TPSA) is 48.8 Å². The second kappa shape index (κ2) is 8.14. The molecule has 0 N–H and O–H groups in total. The molecule has 3 rings (SSSR count). The van der Waals surface area contributed by atoms with E-state index < -0.39 is 0 Å².